The molecule has 2 saturated heterocycles. The third-order valence-corrected chi connectivity index (χ3v) is 4.81. The van der Waals surface area contributed by atoms with Crippen LogP contribution >= 0.6 is 11.3 Å². The molecule has 2 fully saturated rings. The number of morpholine rings is 1. The van der Waals surface area contributed by atoms with Crippen LogP contribution in [0.2, 0.25) is 0 Å². The van der Waals surface area contributed by atoms with E-state index in [0.717, 1.165) is 15.8 Å². The highest BCUT2D eigenvalue weighted by Crippen LogP contribution is 2.29. The fourth-order valence-corrected chi connectivity index (χ4v) is 3.76. The van der Waals surface area contributed by atoms with Crippen molar-refractivity contribution in [3.05, 3.63) is 29.6 Å². The minimum atomic E-state index is -0.0592. The van der Waals surface area contributed by atoms with Crippen molar-refractivity contribution >= 4 is 33.1 Å². The minimum absolute atomic E-state index is 0.000722. The monoisotopic (exact) mass is 304 g/mol. The molecule has 2 atom stereocenters. The molecule has 2 amide bonds. The van der Waals surface area contributed by atoms with E-state index in [1.807, 2.05) is 22.4 Å². The van der Waals surface area contributed by atoms with Crippen molar-refractivity contribution < 1.29 is 14.3 Å². The molecule has 2 aliphatic rings. The van der Waals surface area contributed by atoms with Crippen molar-refractivity contribution in [1.82, 2.24) is 4.90 Å². The van der Waals surface area contributed by atoms with E-state index < -0.39 is 0 Å². The van der Waals surface area contributed by atoms with Crippen molar-refractivity contribution in [2.24, 2.45) is 0 Å². The van der Waals surface area contributed by atoms with Gasteiger partial charge in [-0.3, -0.25) is 0 Å². The van der Waals surface area contributed by atoms with E-state index in [4.69, 9.17) is 9.47 Å². The molecule has 110 valence electrons. The van der Waals surface area contributed by atoms with Crippen LogP contribution in [0.3, 0.4) is 0 Å². The number of ether oxygens (including phenoxy) is 2. The van der Waals surface area contributed by atoms with Gasteiger partial charge in [0, 0.05) is 0 Å². The van der Waals surface area contributed by atoms with Gasteiger partial charge < -0.3 is 19.7 Å². The number of carbonyl (C=O) groups excluding carboxylic acids is 1. The number of carbonyl (C=O) groups is 1. The summed E-state index contributed by atoms with van der Waals surface area (Å²) < 4.78 is 12.3. The summed E-state index contributed by atoms with van der Waals surface area (Å²) in [6.45, 7) is 2.31. The lowest BCUT2D eigenvalue weighted by Gasteiger charge is -2.41. The molecule has 4 rings (SSSR count). The first-order valence-corrected chi connectivity index (χ1v) is 7.93. The first-order valence-electron chi connectivity index (χ1n) is 7.05. The van der Waals surface area contributed by atoms with Gasteiger partial charge >= 0.3 is 6.03 Å². The smallest absolute Gasteiger partial charge is 0.322 e. The number of hydrogen-bond acceptors (Lipinski definition) is 4. The van der Waals surface area contributed by atoms with Crippen molar-refractivity contribution in [3.8, 4) is 0 Å². The normalized spacial score (nSPS) is 25.0. The highest BCUT2D eigenvalue weighted by atomic mass is 32.1. The van der Waals surface area contributed by atoms with Gasteiger partial charge in [-0.05, 0) is 22.9 Å². The number of nitrogens with one attached hydrogen (secondary N) is 1. The molecular formula is C15H16N2O3S. The quantitative estimate of drug-likeness (QED) is 0.881. The first-order chi connectivity index (χ1) is 10.3. The molecule has 2 aromatic rings. The number of thiophene rings is 1. The number of rotatable bonds is 1. The molecular weight excluding hydrogens is 288 g/mol. The SMILES string of the molecule is O=C(Nc1cccc2ccsc12)N1CC2COCC(C1)O2. The van der Waals surface area contributed by atoms with Crippen molar-refractivity contribution in [2.75, 3.05) is 31.6 Å². The van der Waals surface area contributed by atoms with Crippen LogP contribution in [-0.2, 0) is 9.47 Å². The van der Waals surface area contributed by atoms with Crippen LogP contribution in [0.5, 0.6) is 0 Å². The van der Waals surface area contributed by atoms with Gasteiger partial charge in [0.15, 0.2) is 0 Å². The number of fused-ring (bicyclic) bond motifs is 3. The molecule has 5 nitrogen and oxygen atoms in total. The van der Waals surface area contributed by atoms with Crippen LogP contribution in [0.4, 0.5) is 10.5 Å². The molecule has 0 spiro atoms. The maximum atomic E-state index is 12.5. The second-order valence-corrected chi connectivity index (χ2v) is 6.31. The topological polar surface area (TPSA) is 50.8 Å². The Bertz CT molecular complexity index is 660. The molecule has 3 heterocycles. The Morgan fingerprint density at radius 3 is 2.86 bits per heavy atom. The van der Waals surface area contributed by atoms with Gasteiger partial charge in [-0.1, -0.05) is 12.1 Å². The van der Waals surface area contributed by atoms with Gasteiger partial charge in [0.25, 0.3) is 0 Å². The van der Waals surface area contributed by atoms with Crippen LogP contribution in [-0.4, -0.2) is 49.4 Å². The molecule has 6 heteroatoms. The summed E-state index contributed by atoms with van der Waals surface area (Å²) >= 11 is 1.64. The average molecular weight is 304 g/mol. The van der Waals surface area contributed by atoms with E-state index >= 15 is 0 Å². The lowest BCUT2D eigenvalue weighted by Crippen LogP contribution is -2.56. The largest absolute Gasteiger partial charge is 0.376 e. The first kappa shape index (κ1) is 13.1. The van der Waals surface area contributed by atoms with Crippen molar-refractivity contribution in [3.63, 3.8) is 0 Å². The van der Waals surface area contributed by atoms with Gasteiger partial charge in [-0.15, -0.1) is 11.3 Å². The highest BCUT2D eigenvalue weighted by Gasteiger charge is 2.34. The minimum Gasteiger partial charge on any atom is -0.376 e. The number of nitrogens with zero attached hydrogens (tertiary/aromatic N) is 1. The van der Waals surface area contributed by atoms with Gasteiger partial charge in [0.2, 0.25) is 0 Å². The molecule has 21 heavy (non-hydrogen) atoms. The molecule has 1 aromatic carbocycles. The summed E-state index contributed by atoms with van der Waals surface area (Å²) in [6.07, 6.45) is 0.00144. The fourth-order valence-electron chi connectivity index (χ4n) is 2.89. The summed E-state index contributed by atoms with van der Waals surface area (Å²) in [5, 5.41) is 6.23. The lowest BCUT2D eigenvalue weighted by atomic mass is 10.2. The molecule has 2 unspecified atom stereocenters. The van der Waals surface area contributed by atoms with E-state index in [1.54, 1.807) is 11.3 Å². The molecule has 2 bridgehead atoms. The zero-order chi connectivity index (χ0) is 14.2. The number of amides is 2. The molecule has 0 aliphatic carbocycles. The summed E-state index contributed by atoms with van der Waals surface area (Å²) in [6, 6.07) is 7.97. The van der Waals surface area contributed by atoms with E-state index in [-0.39, 0.29) is 18.2 Å². The van der Waals surface area contributed by atoms with E-state index in [9.17, 15) is 4.79 Å². The lowest BCUT2D eigenvalue weighted by molar-refractivity contribution is -0.170. The maximum Gasteiger partial charge on any atom is 0.322 e. The zero-order valence-electron chi connectivity index (χ0n) is 11.5. The second-order valence-electron chi connectivity index (χ2n) is 5.40. The van der Waals surface area contributed by atoms with Crippen LogP contribution in [0.25, 0.3) is 10.1 Å². The Morgan fingerprint density at radius 2 is 2.05 bits per heavy atom. The fraction of sp³-hybridized carbons (Fsp3) is 0.400. The summed E-state index contributed by atoms with van der Waals surface area (Å²) in [4.78, 5) is 14.3. The van der Waals surface area contributed by atoms with Crippen LogP contribution < -0.4 is 5.32 Å². The second kappa shape index (κ2) is 5.29. The predicted octanol–water partition coefficient (Wildman–Crippen LogP) is 2.53. The molecule has 1 N–H and O–H groups in total. The molecule has 1 aromatic heterocycles. The van der Waals surface area contributed by atoms with Gasteiger partial charge in [0.1, 0.15) is 0 Å². The Balaban J connectivity index is 1.52. The van der Waals surface area contributed by atoms with Crippen molar-refractivity contribution in [1.29, 1.82) is 0 Å². The number of anilines is 1. The van der Waals surface area contributed by atoms with Gasteiger partial charge in [0.05, 0.1) is 48.9 Å². The van der Waals surface area contributed by atoms with Crippen molar-refractivity contribution in [2.45, 2.75) is 12.2 Å². The maximum absolute atomic E-state index is 12.5. The summed E-state index contributed by atoms with van der Waals surface area (Å²) in [5.74, 6) is 0. The Hall–Kier alpha value is -1.63. The number of hydrogen-bond donors (Lipinski definition) is 1. The van der Waals surface area contributed by atoms with E-state index in [0.29, 0.717) is 26.3 Å². The third-order valence-electron chi connectivity index (χ3n) is 3.85. The van der Waals surface area contributed by atoms with Gasteiger partial charge in [-0.2, -0.15) is 0 Å². The van der Waals surface area contributed by atoms with Crippen LogP contribution in [0.1, 0.15) is 0 Å². The number of benzene rings is 1. The average Bonchev–Trinajstić information content (AvgIpc) is 2.96. The van der Waals surface area contributed by atoms with Gasteiger partial charge in [-0.25, -0.2) is 4.79 Å². The summed E-state index contributed by atoms with van der Waals surface area (Å²) in [5.41, 5.74) is 0.875. The molecule has 2 aliphatic heterocycles. The molecule has 0 radical (unpaired) electrons. The third kappa shape index (κ3) is 2.50. The predicted molar refractivity (Wildman–Crippen MR) is 81.9 cm³/mol. The Morgan fingerprint density at radius 1 is 1.24 bits per heavy atom. The van der Waals surface area contributed by atoms with E-state index in [2.05, 4.69) is 17.4 Å². The molecule has 0 saturated carbocycles. The highest BCUT2D eigenvalue weighted by molar-refractivity contribution is 7.17. The Labute approximate surface area is 126 Å². The standard InChI is InChI=1S/C15H16N2O3S/c18-15(17-6-11-8-19-9-12(7-17)20-11)16-13-3-1-2-10-4-5-21-14(10)13/h1-5,11-12H,6-9H2,(H,16,18). The summed E-state index contributed by atoms with van der Waals surface area (Å²) in [7, 11) is 0. The number of urea groups is 1. The van der Waals surface area contributed by atoms with E-state index in [1.165, 1.54) is 0 Å². The van der Waals surface area contributed by atoms with Crippen LogP contribution in [0.15, 0.2) is 29.6 Å². The van der Waals surface area contributed by atoms with Crippen LogP contribution in [0, 0.1) is 0 Å². The zero-order valence-corrected chi connectivity index (χ0v) is 12.3. The Kier molecular flexibility index (Phi) is 3.29.